The largest absolute Gasteiger partial charge is 0.494 e. The fourth-order valence-corrected chi connectivity index (χ4v) is 10.3. The molecule has 6 rings (SSSR count). The highest BCUT2D eigenvalue weighted by Crippen LogP contribution is 2.43. The number of halogens is 1. The summed E-state index contributed by atoms with van der Waals surface area (Å²) in [6.45, 7) is 6.62. The van der Waals surface area contributed by atoms with Gasteiger partial charge in [-0.2, -0.15) is 8.42 Å². The summed E-state index contributed by atoms with van der Waals surface area (Å²) in [5.74, 6) is -0.445. The van der Waals surface area contributed by atoms with Gasteiger partial charge in [0.05, 0.1) is 30.7 Å². The molecule has 1 saturated carbocycles. The molecule has 2 aromatic rings. The van der Waals surface area contributed by atoms with E-state index in [1.165, 1.54) is 26.4 Å². The van der Waals surface area contributed by atoms with Crippen LogP contribution in [0.1, 0.15) is 55.5 Å². The molecule has 1 heterocycles. The van der Waals surface area contributed by atoms with E-state index in [0.717, 1.165) is 24.2 Å². The lowest BCUT2D eigenvalue weighted by molar-refractivity contribution is 0.104. The van der Waals surface area contributed by atoms with Gasteiger partial charge in [0.1, 0.15) is 15.9 Å². The molecule has 2 aromatic carbocycles. The molecule has 1 unspecified atom stereocenters. The van der Waals surface area contributed by atoms with E-state index in [1.807, 2.05) is 6.07 Å². The van der Waals surface area contributed by atoms with E-state index in [-0.39, 0.29) is 21.6 Å². The zero-order valence-corrected chi connectivity index (χ0v) is 27.4. The van der Waals surface area contributed by atoms with Gasteiger partial charge < -0.3 is 19.3 Å². The molecule has 1 atom stereocenters. The van der Waals surface area contributed by atoms with Gasteiger partial charge in [0, 0.05) is 49.6 Å². The minimum absolute atomic E-state index is 0.0372. The van der Waals surface area contributed by atoms with Crippen LogP contribution >= 0.6 is 0 Å². The molecule has 0 radical (unpaired) electrons. The summed E-state index contributed by atoms with van der Waals surface area (Å²) in [5.41, 5.74) is 2.92. The Balaban J connectivity index is 1.23. The number of allylic oxidation sites excluding steroid dienone is 3. The van der Waals surface area contributed by atoms with Crippen LogP contribution in [0, 0.1) is 11.2 Å². The average molecular weight is 657 g/mol. The van der Waals surface area contributed by atoms with Crippen molar-refractivity contribution in [1.82, 2.24) is 0 Å². The lowest BCUT2D eigenvalue weighted by atomic mass is 9.77. The van der Waals surface area contributed by atoms with Crippen LogP contribution in [-0.2, 0) is 20.1 Å². The van der Waals surface area contributed by atoms with Crippen LogP contribution in [0.3, 0.4) is 0 Å². The first kappa shape index (κ1) is 31.3. The maximum atomic E-state index is 14.2. The number of carbonyl (C=O) groups excluding carboxylic acids is 1. The summed E-state index contributed by atoms with van der Waals surface area (Å²) in [6.07, 6.45) is 5.46. The van der Waals surface area contributed by atoms with E-state index in [9.17, 15) is 26.0 Å². The molecule has 12 heteroatoms. The number of Topliss-reactive ketones (excluding diaryl/α,β-unsaturated/α-hetero) is 1. The second-order valence-electron chi connectivity index (χ2n) is 12.8. The number of ketones is 1. The number of methoxy groups -OCH3 is 2. The van der Waals surface area contributed by atoms with E-state index >= 15 is 0 Å². The van der Waals surface area contributed by atoms with Crippen LogP contribution in [0.4, 0.5) is 15.8 Å². The Morgan fingerprint density at radius 2 is 1.56 bits per heavy atom. The lowest BCUT2D eigenvalue weighted by Crippen LogP contribution is -2.46. The number of benzene rings is 2. The summed E-state index contributed by atoms with van der Waals surface area (Å²) in [4.78, 5) is 17.7. The summed E-state index contributed by atoms with van der Waals surface area (Å²) in [6, 6.07) is 8.39. The Morgan fingerprint density at radius 1 is 0.911 bits per heavy atom. The fourth-order valence-electron chi connectivity index (χ4n) is 7.02. The van der Waals surface area contributed by atoms with Crippen molar-refractivity contribution in [2.75, 3.05) is 50.2 Å². The van der Waals surface area contributed by atoms with Crippen molar-refractivity contribution in [2.45, 2.75) is 50.0 Å². The zero-order chi connectivity index (χ0) is 32.3. The number of sulfone groups is 1. The topological polar surface area (TPSA) is 110 Å². The van der Waals surface area contributed by atoms with E-state index in [1.54, 1.807) is 24.3 Å². The predicted molar refractivity (Wildman–Crippen MR) is 173 cm³/mol. The van der Waals surface area contributed by atoms with Crippen molar-refractivity contribution in [3.63, 3.8) is 0 Å². The number of ether oxygens (including phenoxy) is 2. The molecule has 0 N–H and O–H groups in total. The maximum Gasteiger partial charge on any atom is 0.219 e. The molecule has 4 aliphatic rings. The second kappa shape index (κ2) is 11.6. The zero-order valence-electron chi connectivity index (χ0n) is 25.8. The molecule has 1 aliphatic heterocycles. The highest BCUT2D eigenvalue weighted by atomic mass is 32.2. The van der Waals surface area contributed by atoms with E-state index < -0.39 is 42.2 Å². The smallest absolute Gasteiger partial charge is 0.219 e. The van der Waals surface area contributed by atoms with Crippen LogP contribution < -0.4 is 19.3 Å². The molecular weight excluding hydrogens is 620 g/mol. The Morgan fingerprint density at radius 3 is 2.18 bits per heavy atom. The van der Waals surface area contributed by atoms with Gasteiger partial charge in [0.15, 0.2) is 27.2 Å². The molecular formula is C33H37FN2O7S2. The minimum Gasteiger partial charge on any atom is -0.494 e. The molecule has 0 bridgehead atoms. The van der Waals surface area contributed by atoms with Gasteiger partial charge in [0.2, 0.25) is 10.3 Å². The van der Waals surface area contributed by atoms with Crippen molar-refractivity contribution in [1.29, 1.82) is 0 Å². The van der Waals surface area contributed by atoms with Gasteiger partial charge in [-0.15, -0.1) is 0 Å². The van der Waals surface area contributed by atoms with Gasteiger partial charge in [0.25, 0.3) is 0 Å². The summed E-state index contributed by atoms with van der Waals surface area (Å²) in [5, 5.41) is -2.03. The van der Waals surface area contributed by atoms with Crippen LogP contribution in [0.2, 0.25) is 0 Å². The van der Waals surface area contributed by atoms with Gasteiger partial charge in [-0.3, -0.25) is 4.79 Å². The number of anilines is 2. The molecule has 3 aliphatic carbocycles. The first-order chi connectivity index (χ1) is 21.4. The summed E-state index contributed by atoms with van der Waals surface area (Å²) in [7, 11) is -3.90. The molecule has 9 nitrogen and oxygen atoms in total. The molecule has 45 heavy (non-hydrogen) atoms. The molecule has 0 spiro atoms. The molecule has 1 saturated heterocycles. The normalized spacial score (nSPS) is 21.6. The highest BCUT2D eigenvalue weighted by Gasteiger charge is 2.46. The SMILES string of the molecule is COc1cc(N2CCN(c3ccc4c(c3)C(=O)C3=C4C=CC(S(=O)(=O)C4CCC(C)(C)CC4)C3=S(=O)=O)CC2)c(OC)cc1F. The van der Waals surface area contributed by atoms with Crippen molar-refractivity contribution in [3.8, 4) is 11.5 Å². The van der Waals surface area contributed by atoms with Crippen LogP contribution in [0.5, 0.6) is 11.5 Å². The van der Waals surface area contributed by atoms with Crippen molar-refractivity contribution < 1.29 is 35.5 Å². The number of hydrogen-bond acceptors (Lipinski definition) is 9. The Hall–Kier alpha value is -3.64. The molecule has 0 aromatic heterocycles. The molecule has 240 valence electrons. The number of nitrogens with zero attached hydrogens (tertiary/aromatic N) is 2. The third-order valence-corrected chi connectivity index (χ3v) is 13.2. The van der Waals surface area contributed by atoms with Gasteiger partial charge in [-0.25, -0.2) is 12.8 Å². The van der Waals surface area contributed by atoms with Crippen molar-refractivity contribution in [3.05, 3.63) is 65.0 Å². The Kier molecular flexibility index (Phi) is 8.09. The monoisotopic (exact) mass is 656 g/mol. The van der Waals surface area contributed by atoms with Crippen LogP contribution in [0.25, 0.3) is 5.57 Å². The van der Waals surface area contributed by atoms with Gasteiger partial charge >= 0.3 is 0 Å². The van der Waals surface area contributed by atoms with Gasteiger partial charge in [-0.05, 0) is 54.4 Å². The number of carbonyl (C=O) groups is 1. The maximum absolute atomic E-state index is 14.2. The van der Waals surface area contributed by atoms with E-state index in [0.29, 0.717) is 61.5 Å². The van der Waals surface area contributed by atoms with Gasteiger partial charge in [-0.1, -0.05) is 32.1 Å². The summed E-state index contributed by atoms with van der Waals surface area (Å²) >= 11 is 0. The predicted octanol–water partition coefficient (Wildman–Crippen LogP) is 4.49. The van der Waals surface area contributed by atoms with E-state index in [4.69, 9.17) is 9.47 Å². The lowest BCUT2D eigenvalue weighted by Gasteiger charge is -2.38. The molecule has 0 amide bonds. The second-order valence-corrected chi connectivity index (χ2v) is 16.1. The number of piperazine rings is 1. The van der Waals surface area contributed by atoms with Crippen molar-refractivity contribution >= 4 is 47.7 Å². The summed E-state index contributed by atoms with van der Waals surface area (Å²) < 4.78 is 77.7. The Bertz CT molecular complexity index is 1870. The van der Waals surface area contributed by atoms with E-state index in [2.05, 4.69) is 23.6 Å². The number of fused-ring (bicyclic) bond motifs is 2. The average Bonchev–Trinajstić information content (AvgIpc) is 3.31. The fraction of sp³-hybridized carbons (Fsp3) is 0.455. The first-order valence-corrected chi connectivity index (χ1v) is 17.8. The quantitative estimate of drug-likeness (QED) is 0.416. The molecule has 2 fully saturated rings. The van der Waals surface area contributed by atoms with Crippen molar-refractivity contribution in [2.24, 2.45) is 5.41 Å². The number of hydrogen-bond donors (Lipinski definition) is 0. The highest BCUT2D eigenvalue weighted by molar-refractivity contribution is 7.95. The number of rotatable bonds is 6. The third kappa shape index (κ3) is 5.45. The third-order valence-electron chi connectivity index (χ3n) is 9.70. The minimum atomic E-state index is -3.90. The Labute approximate surface area is 264 Å². The van der Waals surface area contributed by atoms with Crippen LogP contribution in [-0.4, -0.2) is 78.4 Å². The first-order valence-electron chi connectivity index (χ1n) is 15.1. The van der Waals surface area contributed by atoms with Crippen LogP contribution in [0.15, 0.2) is 48.1 Å². The standard InChI is InChI=1S/C33H37FN2O7S2/c1-33(2)11-9-21(10-12-33)45(40,41)29-8-7-23-22-6-5-20(17-24(22)31(37)30(23)32(29)44(38)39)35-13-15-36(16-14-35)26-19-27(42-3)25(34)18-28(26)43-4/h5-8,17-19,21,29H,9-16H2,1-4H3.